The fraction of sp³-hybridized carbons (Fsp3) is 0.708. The van der Waals surface area contributed by atoms with E-state index < -0.39 is 8.07 Å². The van der Waals surface area contributed by atoms with Crippen LogP contribution >= 0.6 is 0 Å². The average molecular weight is 371 g/mol. The summed E-state index contributed by atoms with van der Waals surface area (Å²) in [5.41, 5.74) is 2.22. The molecule has 0 radical (unpaired) electrons. The summed E-state index contributed by atoms with van der Waals surface area (Å²) in [7, 11) is -1.71. The summed E-state index contributed by atoms with van der Waals surface area (Å²) in [6, 6.07) is 11.4. The Labute approximate surface area is 162 Å². The van der Waals surface area contributed by atoms with E-state index in [-0.39, 0.29) is 5.41 Å². The molecule has 3 rings (SSSR count). The SMILES string of the molecule is CC(C)[Si](c1ccccc1)(C(C)C)[C@@H]1CC[C@]2(CCCCCCC2=O)C1. The molecule has 1 nitrogen and oxygen atoms in total. The minimum Gasteiger partial charge on any atom is -0.299 e. The topological polar surface area (TPSA) is 17.1 Å². The number of benzene rings is 1. The first-order valence-corrected chi connectivity index (χ1v) is 13.3. The smallest absolute Gasteiger partial charge is 0.139 e. The third-order valence-corrected chi connectivity index (χ3v) is 14.9. The van der Waals surface area contributed by atoms with Crippen LogP contribution in [0.4, 0.5) is 0 Å². The first-order valence-electron chi connectivity index (χ1n) is 11.0. The lowest BCUT2D eigenvalue weighted by atomic mass is 9.74. The fourth-order valence-electron chi connectivity index (χ4n) is 6.76. The fourth-order valence-corrected chi connectivity index (χ4v) is 13.9. The number of ketones is 1. The number of hydrogen-bond donors (Lipinski definition) is 0. The highest BCUT2D eigenvalue weighted by Crippen LogP contribution is 2.57. The predicted molar refractivity (Wildman–Crippen MR) is 115 cm³/mol. The molecule has 0 heterocycles. The third-order valence-electron chi connectivity index (χ3n) is 7.87. The van der Waals surface area contributed by atoms with Gasteiger partial charge in [-0.2, -0.15) is 0 Å². The van der Waals surface area contributed by atoms with E-state index in [2.05, 4.69) is 58.0 Å². The molecule has 1 aromatic rings. The van der Waals surface area contributed by atoms with Gasteiger partial charge in [-0.05, 0) is 42.3 Å². The normalized spacial score (nSPS) is 27.9. The van der Waals surface area contributed by atoms with Crippen LogP contribution in [0.5, 0.6) is 0 Å². The lowest BCUT2D eigenvalue weighted by Gasteiger charge is -2.46. The Hall–Kier alpha value is -0.893. The molecule has 2 fully saturated rings. The average Bonchev–Trinajstić information content (AvgIpc) is 3.03. The summed E-state index contributed by atoms with van der Waals surface area (Å²) in [4.78, 5) is 13.2. The second-order valence-corrected chi connectivity index (χ2v) is 15.2. The van der Waals surface area contributed by atoms with Gasteiger partial charge in [-0.3, -0.25) is 4.79 Å². The van der Waals surface area contributed by atoms with Crippen LogP contribution in [0.1, 0.15) is 85.5 Å². The highest BCUT2D eigenvalue weighted by atomic mass is 28.3. The van der Waals surface area contributed by atoms with Crippen LogP contribution in [-0.2, 0) is 4.79 Å². The summed E-state index contributed by atoms with van der Waals surface area (Å²) < 4.78 is 0. The summed E-state index contributed by atoms with van der Waals surface area (Å²) in [6.07, 6.45) is 10.6. The number of rotatable bonds is 4. The maximum Gasteiger partial charge on any atom is 0.139 e. The third kappa shape index (κ3) is 3.34. The molecule has 2 atom stereocenters. The number of Topliss-reactive ketones (excluding diaryl/α,β-unsaturated/α-hetero) is 1. The molecule has 0 amide bonds. The van der Waals surface area contributed by atoms with Crippen LogP contribution in [0.15, 0.2) is 30.3 Å². The Balaban J connectivity index is 1.97. The first kappa shape index (κ1) is 19.9. The van der Waals surface area contributed by atoms with Gasteiger partial charge in [0.2, 0.25) is 0 Å². The van der Waals surface area contributed by atoms with E-state index in [0.29, 0.717) is 16.9 Å². The van der Waals surface area contributed by atoms with Gasteiger partial charge in [0.1, 0.15) is 5.78 Å². The zero-order valence-electron chi connectivity index (χ0n) is 17.4. The standard InChI is InChI=1S/C24H38OSi/c1-19(2)26(20(3)4,21-12-8-7-9-13-21)22-15-17-24(18-22)16-11-6-5-10-14-23(24)25/h7-9,12-13,19-20,22H,5-6,10-11,14-18H2,1-4H3/t22-,24-/m1/s1. The maximum absolute atomic E-state index is 13.2. The summed E-state index contributed by atoms with van der Waals surface area (Å²) in [5, 5.41) is 1.63. The van der Waals surface area contributed by atoms with Crippen molar-refractivity contribution in [1.29, 1.82) is 0 Å². The molecule has 144 valence electrons. The monoisotopic (exact) mass is 370 g/mol. The van der Waals surface area contributed by atoms with E-state index in [4.69, 9.17) is 0 Å². The van der Waals surface area contributed by atoms with Gasteiger partial charge in [0.25, 0.3) is 0 Å². The molecule has 0 aliphatic heterocycles. The molecule has 2 aliphatic carbocycles. The molecule has 1 spiro atoms. The quantitative estimate of drug-likeness (QED) is 0.544. The second-order valence-electron chi connectivity index (χ2n) is 9.67. The molecule has 0 saturated heterocycles. The lowest BCUT2D eigenvalue weighted by molar-refractivity contribution is -0.129. The maximum atomic E-state index is 13.2. The summed E-state index contributed by atoms with van der Waals surface area (Å²) in [6.45, 7) is 9.85. The lowest BCUT2D eigenvalue weighted by Crippen LogP contribution is -2.56. The number of hydrogen-bond acceptors (Lipinski definition) is 1. The Morgan fingerprint density at radius 3 is 2.23 bits per heavy atom. The van der Waals surface area contributed by atoms with E-state index in [0.717, 1.165) is 31.2 Å². The van der Waals surface area contributed by atoms with Crippen LogP contribution in [0.3, 0.4) is 0 Å². The number of carbonyl (C=O) groups excluding carboxylic acids is 1. The van der Waals surface area contributed by atoms with Crippen molar-refractivity contribution in [1.82, 2.24) is 0 Å². The largest absolute Gasteiger partial charge is 0.299 e. The minimum atomic E-state index is -1.71. The molecule has 0 N–H and O–H groups in total. The molecule has 2 aliphatic rings. The molecule has 0 bridgehead atoms. The highest BCUT2D eigenvalue weighted by molar-refractivity contribution is 6.95. The Kier molecular flexibility index (Phi) is 6.11. The van der Waals surface area contributed by atoms with Crippen molar-refractivity contribution in [3.63, 3.8) is 0 Å². The van der Waals surface area contributed by atoms with Crippen molar-refractivity contribution >= 4 is 19.0 Å². The van der Waals surface area contributed by atoms with Gasteiger partial charge in [0.15, 0.2) is 0 Å². The van der Waals surface area contributed by atoms with Crippen LogP contribution in [0, 0.1) is 5.41 Å². The molecule has 2 saturated carbocycles. The van der Waals surface area contributed by atoms with Crippen LogP contribution in [0.25, 0.3) is 0 Å². The van der Waals surface area contributed by atoms with Gasteiger partial charge < -0.3 is 0 Å². The molecule has 1 aromatic carbocycles. The van der Waals surface area contributed by atoms with E-state index in [9.17, 15) is 4.79 Å². The zero-order valence-corrected chi connectivity index (χ0v) is 18.4. The van der Waals surface area contributed by atoms with Gasteiger partial charge in [-0.1, -0.05) is 88.9 Å². The predicted octanol–water partition coefficient (Wildman–Crippen LogP) is 6.63. The van der Waals surface area contributed by atoms with E-state index in [1.807, 2.05) is 0 Å². The molecular weight excluding hydrogens is 332 g/mol. The van der Waals surface area contributed by atoms with Gasteiger partial charge in [0, 0.05) is 11.8 Å². The van der Waals surface area contributed by atoms with Gasteiger partial charge in [0.05, 0.1) is 8.07 Å². The van der Waals surface area contributed by atoms with E-state index in [1.54, 1.807) is 5.19 Å². The molecule has 2 heteroatoms. The van der Waals surface area contributed by atoms with Crippen molar-refractivity contribution in [3.8, 4) is 0 Å². The van der Waals surface area contributed by atoms with Crippen LogP contribution < -0.4 is 5.19 Å². The van der Waals surface area contributed by atoms with Crippen molar-refractivity contribution in [2.75, 3.05) is 0 Å². The Morgan fingerprint density at radius 2 is 1.58 bits per heavy atom. The minimum absolute atomic E-state index is 0.0297. The van der Waals surface area contributed by atoms with Crippen molar-refractivity contribution < 1.29 is 4.79 Å². The Bertz CT molecular complexity index is 598. The van der Waals surface area contributed by atoms with Crippen molar-refractivity contribution in [2.45, 2.75) is 102 Å². The highest BCUT2D eigenvalue weighted by Gasteiger charge is 2.55. The van der Waals surface area contributed by atoms with E-state index >= 15 is 0 Å². The first-order chi connectivity index (χ1) is 12.4. The van der Waals surface area contributed by atoms with Crippen molar-refractivity contribution in [3.05, 3.63) is 30.3 Å². The van der Waals surface area contributed by atoms with Crippen molar-refractivity contribution in [2.24, 2.45) is 5.41 Å². The van der Waals surface area contributed by atoms with Gasteiger partial charge in [-0.15, -0.1) is 0 Å². The molecule has 26 heavy (non-hydrogen) atoms. The number of carbonyl (C=O) groups is 1. The second kappa shape index (κ2) is 8.00. The Morgan fingerprint density at radius 1 is 0.923 bits per heavy atom. The summed E-state index contributed by atoms with van der Waals surface area (Å²) in [5.74, 6) is 0.614. The summed E-state index contributed by atoms with van der Waals surface area (Å²) >= 11 is 0. The molecular formula is C24H38OSi. The molecule has 0 aromatic heterocycles. The van der Waals surface area contributed by atoms with Crippen LogP contribution in [0.2, 0.25) is 16.6 Å². The van der Waals surface area contributed by atoms with Crippen LogP contribution in [-0.4, -0.2) is 13.9 Å². The van der Waals surface area contributed by atoms with Gasteiger partial charge >= 0.3 is 0 Å². The zero-order chi connectivity index (χ0) is 18.8. The van der Waals surface area contributed by atoms with E-state index in [1.165, 1.54) is 32.1 Å². The van der Waals surface area contributed by atoms with Gasteiger partial charge in [-0.25, -0.2) is 0 Å². The molecule has 0 unspecified atom stereocenters.